The number of hydrogen-bond acceptors (Lipinski definition) is 4. The molecule has 1 heterocycles. The lowest BCUT2D eigenvalue weighted by Gasteiger charge is -2.35. The summed E-state index contributed by atoms with van der Waals surface area (Å²) >= 11 is 0. The Hall–Kier alpha value is -1.55. The van der Waals surface area contributed by atoms with Crippen molar-refractivity contribution < 1.29 is 9.53 Å². The summed E-state index contributed by atoms with van der Waals surface area (Å²) in [5, 5.41) is 9.68. The molecule has 176 valence electrons. The van der Waals surface area contributed by atoms with Gasteiger partial charge in [0.15, 0.2) is 5.96 Å². The molecule has 1 atom stereocenters. The van der Waals surface area contributed by atoms with Crippen molar-refractivity contribution >= 4 is 35.8 Å². The number of piperidine rings is 1. The monoisotopic (exact) mass is 545 g/mol. The van der Waals surface area contributed by atoms with Crippen LogP contribution in [0.15, 0.2) is 29.3 Å². The molecule has 2 rings (SSSR count). The van der Waals surface area contributed by atoms with Crippen LogP contribution in [0.2, 0.25) is 0 Å². The van der Waals surface area contributed by atoms with E-state index < -0.39 is 5.41 Å². The van der Waals surface area contributed by atoms with Gasteiger partial charge in [0, 0.05) is 26.7 Å². The van der Waals surface area contributed by atoms with Crippen LogP contribution in [0, 0.1) is 5.41 Å². The fourth-order valence-electron chi connectivity index (χ4n) is 3.71. The maximum atomic E-state index is 12.2. The van der Waals surface area contributed by atoms with Gasteiger partial charge in [-0.15, -0.1) is 24.0 Å². The third kappa shape index (κ3) is 8.48. The fourth-order valence-corrected chi connectivity index (χ4v) is 3.71. The molecule has 31 heavy (non-hydrogen) atoms. The van der Waals surface area contributed by atoms with Crippen LogP contribution >= 0.6 is 24.0 Å². The van der Waals surface area contributed by atoms with Crippen molar-refractivity contribution in [2.24, 2.45) is 10.4 Å². The highest BCUT2D eigenvalue weighted by Crippen LogP contribution is 2.26. The maximum Gasteiger partial charge on any atom is 0.227 e. The van der Waals surface area contributed by atoms with Crippen molar-refractivity contribution in [3.8, 4) is 5.75 Å². The summed E-state index contributed by atoms with van der Waals surface area (Å²) in [6, 6.07) is 8.59. The predicted octanol–water partition coefficient (Wildman–Crippen LogP) is 3.17. The number of methoxy groups -OCH3 is 1. The van der Waals surface area contributed by atoms with Crippen molar-refractivity contribution in [3.63, 3.8) is 0 Å². The molecule has 1 unspecified atom stereocenters. The quantitative estimate of drug-likeness (QED) is 0.253. The molecule has 1 saturated heterocycles. The lowest BCUT2D eigenvalue weighted by molar-refractivity contribution is -0.128. The van der Waals surface area contributed by atoms with E-state index >= 15 is 0 Å². The van der Waals surface area contributed by atoms with E-state index in [9.17, 15) is 4.79 Å². The van der Waals surface area contributed by atoms with E-state index in [1.165, 1.54) is 24.8 Å². The first kappa shape index (κ1) is 27.5. The van der Waals surface area contributed by atoms with Crippen LogP contribution in [0.1, 0.15) is 51.6 Å². The van der Waals surface area contributed by atoms with Crippen molar-refractivity contribution in [1.82, 2.24) is 20.9 Å². The first-order chi connectivity index (χ1) is 14.4. The first-order valence-corrected chi connectivity index (χ1v) is 11.0. The fraction of sp³-hybridized carbons (Fsp3) is 0.652. The SMILES string of the molecule is CCNC(=O)C(C)(C)CNC(=NC)NCC(c1ccc(OC)cc1)N1CCCCC1.I. The third-order valence-electron chi connectivity index (χ3n) is 5.67. The number of rotatable bonds is 9. The Balaban J connectivity index is 0.00000480. The molecule has 1 fully saturated rings. The van der Waals surface area contributed by atoms with E-state index in [4.69, 9.17) is 4.74 Å². The minimum Gasteiger partial charge on any atom is -0.497 e. The Labute approximate surface area is 204 Å². The van der Waals surface area contributed by atoms with Gasteiger partial charge in [0.25, 0.3) is 0 Å². The molecular weight excluding hydrogens is 505 g/mol. The van der Waals surface area contributed by atoms with E-state index in [0.29, 0.717) is 19.0 Å². The molecule has 0 spiro atoms. The van der Waals surface area contributed by atoms with Gasteiger partial charge in [-0.25, -0.2) is 0 Å². The Morgan fingerprint density at radius 2 is 1.77 bits per heavy atom. The van der Waals surface area contributed by atoms with Crippen LogP contribution in [0.4, 0.5) is 0 Å². The maximum absolute atomic E-state index is 12.2. The van der Waals surface area contributed by atoms with Gasteiger partial charge in [0.2, 0.25) is 5.91 Å². The second kappa shape index (κ2) is 13.8. The molecule has 1 aromatic carbocycles. The second-order valence-electron chi connectivity index (χ2n) is 8.44. The normalized spacial score (nSPS) is 16.1. The van der Waals surface area contributed by atoms with E-state index in [-0.39, 0.29) is 35.9 Å². The molecule has 1 aliphatic heterocycles. The Bertz CT molecular complexity index is 688. The highest BCUT2D eigenvalue weighted by Gasteiger charge is 2.28. The Morgan fingerprint density at radius 1 is 1.13 bits per heavy atom. The number of aliphatic imine (C=N–C) groups is 1. The minimum absolute atomic E-state index is 0. The molecule has 7 nitrogen and oxygen atoms in total. The topological polar surface area (TPSA) is 78.0 Å². The zero-order valence-corrected chi connectivity index (χ0v) is 22.0. The van der Waals surface area contributed by atoms with E-state index in [2.05, 4.69) is 38.0 Å². The van der Waals surface area contributed by atoms with E-state index in [1.807, 2.05) is 32.9 Å². The van der Waals surface area contributed by atoms with Crippen LogP contribution in [-0.4, -0.2) is 63.6 Å². The van der Waals surface area contributed by atoms with Gasteiger partial charge in [0.05, 0.1) is 18.6 Å². The third-order valence-corrected chi connectivity index (χ3v) is 5.67. The first-order valence-electron chi connectivity index (χ1n) is 11.0. The summed E-state index contributed by atoms with van der Waals surface area (Å²) in [4.78, 5) is 19.2. The summed E-state index contributed by atoms with van der Waals surface area (Å²) in [5.41, 5.74) is 0.749. The summed E-state index contributed by atoms with van der Waals surface area (Å²) in [6.07, 6.45) is 3.78. The lowest BCUT2D eigenvalue weighted by Crippen LogP contribution is -2.49. The van der Waals surface area contributed by atoms with Crippen molar-refractivity contribution in [1.29, 1.82) is 0 Å². The molecule has 3 N–H and O–H groups in total. The zero-order chi connectivity index (χ0) is 22.0. The average Bonchev–Trinajstić information content (AvgIpc) is 2.77. The molecule has 0 saturated carbocycles. The summed E-state index contributed by atoms with van der Waals surface area (Å²) < 4.78 is 5.32. The van der Waals surface area contributed by atoms with Crippen molar-refractivity contribution in [2.75, 3.05) is 46.9 Å². The number of halogens is 1. The van der Waals surface area contributed by atoms with Gasteiger partial charge in [-0.3, -0.25) is 14.7 Å². The Kier molecular flexibility index (Phi) is 12.2. The van der Waals surface area contributed by atoms with E-state index in [1.54, 1.807) is 14.2 Å². The standard InChI is InChI=1S/C23H39N5O2.HI/c1-6-25-21(29)23(2,3)17-27-22(24-4)26-16-20(28-14-8-7-9-15-28)18-10-12-19(30-5)13-11-18;/h10-13,20H,6-9,14-17H2,1-5H3,(H,25,29)(H2,24,26,27);1H. The number of amides is 1. The zero-order valence-electron chi connectivity index (χ0n) is 19.7. The van der Waals surface area contributed by atoms with E-state index in [0.717, 1.165) is 25.4 Å². The van der Waals surface area contributed by atoms with Gasteiger partial charge < -0.3 is 20.7 Å². The number of hydrogen-bond donors (Lipinski definition) is 3. The number of benzene rings is 1. The highest BCUT2D eigenvalue weighted by molar-refractivity contribution is 14.0. The molecule has 0 radical (unpaired) electrons. The number of nitrogens with zero attached hydrogens (tertiary/aromatic N) is 2. The summed E-state index contributed by atoms with van der Waals surface area (Å²) in [7, 11) is 3.45. The van der Waals surface area contributed by atoms with Gasteiger partial charge >= 0.3 is 0 Å². The molecule has 0 aromatic heterocycles. The number of nitrogens with one attached hydrogen (secondary N) is 3. The predicted molar refractivity (Wildman–Crippen MR) is 138 cm³/mol. The van der Waals surface area contributed by atoms with Crippen LogP contribution < -0.4 is 20.7 Å². The molecule has 1 aromatic rings. The van der Waals surface area contributed by atoms with Gasteiger partial charge in [-0.2, -0.15) is 0 Å². The molecule has 1 amide bonds. The number of guanidine groups is 1. The van der Waals surface area contributed by atoms with Crippen molar-refractivity contribution in [2.45, 2.75) is 46.1 Å². The lowest BCUT2D eigenvalue weighted by atomic mass is 9.92. The van der Waals surface area contributed by atoms with Crippen LogP contribution in [0.3, 0.4) is 0 Å². The van der Waals surface area contributed by atoms with Crippen molar-refractivity contribution in [3.05, 3.63) is 29.8 Å². The largest absolute Gasteiger partial charge is 0.497 e. The number of ether oxygens (including phenoxy) is 1. The molecule has 1 aliphatic rings. The van der Waals surface area contributed by atoms with Gasteiger partial charge in [0.1, 0.15) is 5.75 Å². The average molecular weight is 546 g/mol. The van der Waals surface area contributed by atoms with Gasteiger partial charge in [-0.05, 0) is 64.4 Å². The van der Waals surface area contributed by atoms with Crippen LogP contribution in [0.5, 0.6) is 5.75 Å². The number of carbonyl (C=O) groups excluding carboxylic acids is 1. The molecule has 0 bridgehead atoms. The number of carbonyl (C=O) groups is 1. The summed E-state index contributed by atoms with van der Waals surface area (Å²) in [5.74, 6) is 1.62. The van der Waals surface area contributed by atoms with Crippen LogP contribution in [0.25, 0.3) is 0 Å². The number of likely N-dealkylation sites (tertiary alicyclic amines) is 1. The Morgan fingerprint density at radius 3 is 2.32 bits per heavy atom. The summed E-state index contributed by atoms with van der Waals surface area (Å²) in [6.45, 7) is 9.90. The smallest absolute Gasteiger partial charge is 0.227 e. The minimum atomic E-state index is -0.518. The molecule has 8 heteroatoms. The second-order valence-corrected chi connectivity index (χ2v) is 8.44. The van der Waals surface area contributed by atoms with Crippen LogP contribution in [-0.2, 0) is 4.79 Å². The van der Waals surface area contributed by atoms with Gasteiger partial charge in [-0.1, -0.05) is 18.6 Å². The highest BCUT2D eigenvalue weighted by atomic mass is 127. The molecule has 0 aliphatic carbocycles. The molecular formula is C23H40IN5O2.